The van der Waals surface area contributed by atoms with Crippen LogP contribution < -0.4 is 10.6 Å². The minimum Gasteiger partial charge on any atom is -0.373 e. The van der Waals surface area contributed by atoms with Crippen molar-refractivity contribution in [3.05, 3.63) is 23.4 Å². The Morgan fingerprint density at radius 3 is 2.35 bits per heavy atom. The zero-order valence-electron chi connectivity index (χ0n) is 13.3. The van der Waals surface area contributed by atoms with Crippen molar-refractivity contribution in [2.24, 2.45) is 16.7 Å². The quantitative estimate of drug-likeness (QED) is 0.888. The average Bonchev–Trinajstić information content (AvgIpc) is 2.76. The Kier molecular flexibility index (Phi) is 3.53. The second-order valence-corrected chi connectivity index (χ2v) is 6.84. The molecule has 0 spiro atoms. The Bertz CT molecular complexity index is 521. The summed E-state index contributed by atoms with van der Waals surface area (Å²) in [6.45, 7) is 11.7. The van der Waals surface area contributed by atoms with Crippen molar-refractivity contribution in [2.45, 2.75) is 34.6 Å². The van der Waals surface area contributed by atoms with Crippen molar-refractivity contribution >= 4 is 11.7 Å². The summed E-state index contributed by atoms with van der Waals surface area (Å²) >= 11 is 0. The zero-order chi connectivity index (χ0) is 15.1. The van der Waals surface area contributed by atoms with Crippen LogP contribution in [-0.4, -0.2) is 24.5 Å². The second kappa shape index (κ2) is 4.76. The second-order valence-electron chi connectivity index (χ2n) is 6.84. The third kappa shape index (κ3) is 2.39. The van der Waals surface area contributed by atoms with Gasteiger partial charge < -0.3 is 10.6 Å². The molecule has 1 amide bonds. The fraction of sp³-hybridized carbons (Fsp3) is 0.625. The number of carbonyl (C=O) groups excluding carboxylic acids is 1. The molecule has 110 valence electrons. The lowest BCUT2D eigenvalue weighted by atomic mass is 10.0. The number of hydrogen-bond donors (Lipinski definition) is 2. The van der Waals surface area contributed by atoms with E-state index < -0.39 is 0 Å². The number of hydrogen-bond acceptors (Lipinski definition) is 3. The predicted molar refractivity (Wildman–Crippen MR) is 81.9 cm³/mol. The Hall–Kier alpha value is -1.58. The van der Waals surface area contributed by atoms with Crippen LogP contribution in [0.3, 0.4) is 0 Å². The maximum atomic E-state index is 12.3. The van der Waals surface area contributed by atoms with Gasteiger partial charge in [0.15, 0.2) is 0 Å². The van der Waals surface area contributed by atoms with Crippen LogP contribution in [0.15, 0.2) is 12.1 Å². The molecule has 1 heterocycles. The minimum absolute atomic E-state index is 0.0227. The molecule has 0 bridgehead atoms. The molecule has 0 atom stereocenters. The molecule has 1 aliphatic carbocycles. The highest BCUT2D eigenvalue weighted by Crippen LogP contribution is 2.67. The first-order valence-electron chi connectivity index (χ1n) is 7.15. The summed E-state index contributed by atoms with van der Waals surface area (Å²) in [6, 6.07) is 3.60. The molecule has 2 N–H and O–H groups in total. The van der Waals surface area contributed by atoms with E-state index in [1.165, 1.54) is 0 Å². The molecule has 2 rings (SSSR count). The van der Waals surface area contributed by atoms with E-state index in [0.717, 1.165) is 18.1 Å². The average molecular weight is 275 g/mol. The van der Waals surface area contributed by atoms with Crippen LogP contribution >= 0.6 is 0 Å². The summed E-state index contributed by atoms with van der Waals surface area (Å²) in [5, 5.41) is 6.03. The predicted octanol–water partition coefficient (Wildman–Crippen LogP) is 2.84. The summed E-state index contributed by atoms with van der Waals surface area (Å²) in [5.41, 5.74) is 2.10. The molecule has 1 fully saturated rings. The van der Waals surface area contributed by atoms with Crippen molar-refractivity contribution in [3.63, 3.8) is 0 Å². The van der Waals surface area contributed by atoms with Gasteiger partial charge in [-0.25, -0.2) is 4.98 Å². The van der Waals surface area contributed by atoms with Crippen molar-refractivity contribution < 1.29 is 4.79 Å². The van der Waals surface area contributed by atoms with Crippen LogP contribution in [-0.2, 0) is 0 Å². The molecule has 1 aromatic rings. The number of pyridine rings is 1. The first kappa shape index (κ1) is 14.8. The third-order valence-electron chi connectivity index (χ3n) is 5.26. The summed E-state index contributed by atoms with van der Waals surface area (Å²) in [6.07, 6.45) is 0. The number of carbonyl (C=O) groups is 1. The monoisotopic (exact) mass is 275 g/mol. The van der Waals surface area contributed by atoms with Crippen LogP contribution in [0.25, 0.3) is 0 Å². The van der Waals surface area contributed by atoms with Crippen molar-refractivity contribution in [3.8, 4) is 0 Å². The fourth-order valence-electron chi connectivity index (χ4n) is 3.07. The summed E-state index contributed by atoms with van der Waals surface area (Å²) in [7, 11) is 1.80. The van der Waals surface area contributed by atoms with Crippen LogP contribution in [0.4, 0.5) is 5.82 Å². The fourth-order valence-corrected chi connectivity index (χ4v) is 3.07. The van der Waals surface area contributed by atoms with Gasteiger partial charge in [0.25, 0.3) is 5.91 Å². The van der Waals surface area contributed by atoms with E-state index in [-0.39, 0.29) is 5.91 Å². The topological polar surface area (TPSA) is 54.0 Å². The van der Waals surface area contributed by atoms with Gasteiger partial charge in [0.2, 0.25) is 0 Å². The van der Waals surface area contributed by atoms with Crippen LogP contribution in [0.5, 0.6) is 0 Å². The van der Waals surface area contributed by atoms with E-state index in [2.05, 4.69) is 43.3 Å². The van der Waals surface area contributed by atoms with Crippen LogP contribution in [0, 0.1) is 23.7 Å². The van der Waals surface area contributed by atoms with E-state index in [9.17, 15) is 4.79 Å². The molecule has 0 radical (unpaired) electrons. The normalized spacial score (nSPS) is 19.5. The lowest BCUT2D eigenvalue weighted by Gasteiger charge is -2.09. The smallest absolute Gasteiger partial charge is 0.251 e. The molecule has 20 heavy (non-hydrogen) atoms. The minimum atomic E-state index is -0.0227. The molecule has 0 aliphatic heterocycles. The number of anilines is 1. The van der Waals surface area contributed by atoms with Gasteiger partial charge in [-0.3, -0.25) is 4.79 Å². The van der Waals surface area contributed by atoms with Crippen LogP contribution in [0.2, 0.25) is 0 Å². The van der Waals surface area contributed by atoms with Gasteiger partial charge in [-0.15, -0.1) is 0 Å². The Morgan fingerprint density at radius 2 is 1.85 bits per heavy atom. The first-order chi connectivity index (χ1) is 9.20. The molecule has 4 nitrogen and oxygen atoms in total. The highest BCUT2D eigenvalue weighted by molar-refractivity contribution is 5.95. The number of nitrogens with one attached hydrogen (secondary N) is 2. The number of rotatable bonds is 4. The van der Waals surface area contributed by atoms with E-state index in [0.29, 0.717) is 22.3 Å². The first-order valence-corrected chi connectivity index (χ1v) is 7.15. The summed E-state index contributed by atoms with van der Waals surface area (Å²) in [4.78, 5) is 16.6. The third-order valence-corrected chi connectivity index (χ3v) is 5.26. The number of amides is 1. The van der Waals surface area contributed by atoms with Crippen molar-refractivity contribution in [2.75, 3.05) is 18.9 Å². The van der Waals surface area contributed by atoms with Gasteiger partial charge in [-0.05, 0) is 35.8 Å². The van der Waals surface area contributed by atoms with Gasteiger partial charge in [-0.2, -0.15) is 0 Å². The molecular formula is C16H25N3O. The molecule has 0 aromatic carbocycles. The number of nitrogens with zero attached hydrogens (tertiary/aromatic N) is 1. The number of aromatic nitrogens is 1. The molecule has 1 saturated carbocycles. The highest BCUT2D eigenvalue weighted by atomic mass is 16.1. The Morgan fingerprint density at radius 1 is 1.25 bits per heavy atom. The van der Waals surface area contributed by atoms with Crippen molar-refractivity contribution in [1.82, 2.24) is 10.3 Å². The van der Waals surface area contributed by atoms with E-state index >= 15 is 0 Å². The standard InChI is InChI=1S/C16H25N3O/c1-10-7-11(8-13(17-6)19-10)14(20)18-9-12-15(2,3)16(12,4)5/h7-8,12H,9H2,1-6H3,(H,17,19)(H,18,20). The van der Waals surface area contributed by atoms with Gasteiger partial charge in [-0.1, -0.05) is 27.7 Å². The number of aryl methyl sites for hydroxylation is 1. The molecular weight excluding hydrogens is 250 g/mol. The molecule has 1 aromatic heterocycles. The molecule has 4 heteroatoms. The molecule has 0 unspecified atom stereocenters. The van der Waals surface area contributed by atoms with Gasteiger partial charge >= 0.3 is 0 Å². The van der Waals surface area contributed by atoms with Gasteiger partial charge in [0.1, 0.15) is 5.82 Å². The lowest BCUT2D eigenvalue weighted by Crippen LogP contribution is -2.27. The van der Waals surface area contributed by atoms with Gasteiger partial charge in [0.05, 0.1) is 0 Å². The Labute approximate surface area is 121 Å². The largest absolute Gasteiger partial charge is 0.373 e. The van der Waals surface area contributed by atoms with Crippen molar-refractivity contribution in [1.29, 1.82) is 0 Å². The highest BCUT2D eigenvalue weighted by Gasteiger charge is 2.64. The lowest BCUT2D eigenvalue weighted by molar-refractivity contribution is 0.0949. The maximum absolute atomic E-state index is 12.3. The van der Waals surface area contributed by atoms with Gasteiger partial charge in [0, 0.05) is 24.8 Å². The SMILES string of the molecule is CNc1cc(C(=O)NCC2C(C)(C)C2(C)C)cc(C)n1. The molecule has 1 aliphatic rings. The van der Waals surface area contributed by atoms with E-state index in [4.69, 9.17) is 0 Å². The summed E-state index contributed by atoms with van der Waals surface area (Å²) < 4.78 is 0. The maximum Gasteiger partial charge on any atom is 0.251 e. The van der Waals surface area contributed by atoms with Crippen LogP contribution in [0.1, 0.15) is 43.7 Å². The molecule has 0 saturated heterocycles. The Balaban J connectivity index is 2.02. The van der Waals surface area contributed by atoms with E-state index in [1.54, 1.807) is 13.1 Å². The van der Waals surface area contributed by atoms with E-state index in [1.807, 2.05) is 13.0 Å². The summed E-state index contributed by atoms with van der Waals surface area (Å²) in [5.74, 6) is 1.23. The zero-order valence-corrected chi connectivity index (χ0v) is 13.3.